The van der Waals surface area contributed by atoms with E-state index >= 15 is 0 Å². The van der Waals surface area contributed by atoms with Crippen molar-refractivity contribution in [3.8, 4) is 5.69 Å². The second-order valence-corrected chi connectivity index (χ2v) is 13.0. The molecule has 7 aromatic carbocycles. The van der Waals surface area contributed by atoms with E-state index in [9.17, 15) is 0 Å². The van der Waals surface area contributed by atoms with Crippen LogP contribution < -0.4 is 0 Å². The van der Waals surface area contributed by atoms with Crippen LogP contribution in [0.2, 0.25) is 0 Å². The van der Waals surface area contributed by atoms with Crippen molar-refractivity contribution in [3.63, 3.8) is 0 Å². The maximum atomic E-state index is 6.62. The van der Waals surface area contributed by atoms with E-state index in [1.807, 2.05) is 48.6 Å². The van der Waals surface area contributed by atoms with E-state index in [0.29, 0.717) is 18.2 Å². The van der Waals surface area contributed by atoms with Gasteiger partial charge in [0.1, 0.15) is 11.2 Å². The predicted molar refractivity (Wildman–Crippen MR) is 225 cm³/mol. The fourth-order valence-corrected chi connectivity index (χ4v) is 7.33. The lowest BCUT2D eigenvalue weighted by Crippen LogP contribution is -2.05. The molecule has 0 spiro atoms. The quantitative estimate of drug-likeness (QED) is 0.122. The minimum atomic E-state index is 0.447. The first-order valence-electron chi connectivity index (χ1n) is 17.5. The number of benzene rings is 7. The Morgan fingerprint density at radius 2 is 1.26 bits per heavy atom. The number of furan rings is 1. The number of fused-ring (bicyclic) bond motifs is 6. The molecule has 2 heterocycles. The maximum Gasteiger partial charge on any atom is 0.161 e. The van der Waals surface area contributed by atoms with Crippen molar-refractivity contribution < 1.29 is 4.42 Å². The molecule has 0 aliphatic rings. The molecule has 252 valence electrons. The van der Waals surface area contributed by atoms with E-state index in [-0.39, 0.29) is 0 Å². The molecule has 0 N–H and O–H groups in total. The van der Waals surface area contributed by atoms with Gasteiger partial charge in [-0.15, -0.1) is 0 Å². The van der Waals surface area contributed by atoms with Crippen molar-refractivity contribution in [2.24, 2.45) is 15.0 Å². The smallest absolute Gasteiger partial charge is 0.161 e. The average molecular weight is 683 g/mol. The summed E-state index contributed by atoms with van der Waals surface area (Å²) in [4.78, 5) is 14.3. The van der Waals surface area contributed by atoms with E-state index in [4.69, 9.17) is 14.4 Å². The molecule has 0 unspecified atom stereocenters. The highest BCUT2D eigenvalue weighted by molar-refractivity contribution is 6.15. The van der Waals surface area contributed by atoms with Crippen LogP contribution in [0.5, 0.6) is 0 Å². The highest BCUT2D eigenvalue weighted by Gasteiger charge is 2.18. The third-order valence-corrected chi connectivity index (χ3v) is 9.90. The van der Waals surface area contributed by atoms with E-state index in [0.717, 1.165) is 66.5 Å². The van der Waals surface area contributed by atoms with Crippen molar-refractivity contribution >= 4 is 84.9 Å². The molecule has 5 nitrogen and oxygen atoms in total. The highest BCUT2D eigenvalue weighted by atomic mass is 16.3. The largest absolute Gasteiger partial charge is 0.456 e. The van der Waals surface area contributed by atoms with Gasteiger partial charge >= 0.3 is 0 Å². The third kappa shape index (κ3) is 5.65. The van der Waals surface area contributed by atoms with Crippen LogP contribution in [-0.2, 0) is 6.54 Å². The first-order chi connectivity index (χ1) is 26.1. The number of amidine groups is 2. The summed E-state index contributed by atoms with van der Waals surface area (Å²) in [5, 5.41) is 7.89. The van der Waals surface area contributed by atoms with Crippen molar-refractivity contribution in [2.45, 2.75) is 6.54 Å². The summed E-state index contributed by atoms with van der Waals surface area (Å²) in [7, 11) is 0. The minimum absolute atomic E-state index is 0.447. The van der Waals surface area contributed by atoms with Gasteiger partial charge in [-0.3, -0.25) is 4.99 Å². The second-order valence-electron chi connectivity index (χ2n) is 13.0. The van der Waals surface area contributed by atoms with Gasteiger partial charge in [0.15, 0.2) is 11.7 Å². The molecule has 0 radical (unpaired) electrons. The normalized spacial score (nSPS) is 12.3. The van der Waals surface area contributed by atoms with Crippen molar-refractivity contribution in [3.05, 3.63) is 187 Å². The van der Waals surface area contributed by atoms with E-state index < -0.39 is 0 Å². The summed E-state index contributed by atoms with van der Waals surface area (Å²) in [6.45, 7) is 12.6. The van der Waals surface area contributed by atoms with Crippen LogP contribution in [0, 0.1) is 0 Å². The molecule has 0 atom stereocenters. The Bertz CT molecular complexity index is 2980. The molecule has 53 heavy (non-hydrogen) atoms. The van der Waals surface area contributed by atoms with Gasteiger partial charge in [-0.05, 0) is 82.4 Å². The Morgan fingerprint density at radius 1 is 0.585 bits per heavy atom. The fraction of sp³-hybridized carbons (Fsp3) is 0.0208. The zero-order valence-corrected chi connectivity index (χ0v) is 29.0. The fourth-order valence-electron chi connectivity index (χ4n) is 7.33. The predicted octanol–water partition coefficient (Wildman–Crippen LogP) is 12.2. The molecule has 0 saturated carbocycles. The summed E-state index contributed by atoms with van der Waals surface area (Å²) in [6, 6.07) is 50.0. The maximum absolute atomic E-state index is 6.62. The Balaban J connectivity index is 1.16. The van der Waals surface area contributed by atoms with Gasteiger partial charge in [-0.25, -0.2) is 9.98 Å². The summed E-state index contributed by atoms with van der Waals surface area (Å²) in [5.41, 5.74) is 8.40. The standard InChI is InChI=1S/C48H34N4O/c1-4-39-42-26-35-17-11-12-18-36(35)27-44(42)52(43(39)5-2)38-22-24-41-40-23-21-37(28-45(40)53-46(41)29-38)48(51-47(49-3)33-14-7-6-8-15-33)50-30-31-19-20-32-13-9-10-16-34(32)25-31/h4-29H,1-3,30H2/b50-48-,51-47-. The molecule has 0 amide bonds. The Labute approximate surface area is 306 Å². The number of nitrogens with zero attached hydrogens (tertiary/aromatic N) is 4. The van der Waals surface area contributed by atoms with Gasteiger partial charge in [0.2, 0.25) is 0 Å². The van der Waals surface area contributed by atoms with Crippen LogP contribution in [0.4, 0.5) is 0 Å². The second kappa shape index (κ2) is 13.2. The Hall–Kier alpha value is -7.11. The first-order valence-corrected chi connectivity index (χ1v) is 17.5. The molecule has 2 aromatic heterocycles. The van der Waals surface area contributed by atoms with Crippen LogP contribution in [0.3, 0.4) is 0 Å². The Morgan fingerprint density at radius 3 is 2.00 bits per heavy atom. The number of hydrogen-bond donors (Lipinski definition) is 0. The van der Waals surface area contributed by atoms with Gasteiger partial charge in [0.25, 0.3) is 0 Å². The topological polar surface area (TPSA) is 55.1 Å². The van der Waals surface area contributed by atoms with Gasteiger partial charge in [0, 0.05) is 44.6 Å². The minimum Gasteiger partial charge on any atom is -0.456 e. The lowest BCUT2D eigenvalue weighted by atomic mass is 10.1. The number of hydrogen-bond acceptors (Lipinski definition) is 2. The number of aliphatic imine (C=N–C) groups is 3. The van der Waals surface area contributed by atoms with Crippen molar-refractivity contribution in [1.82, 2.24) is 4.57 Å². The van der Waals surface area contributed by atoms with Crippen molar-refractivity contribution in [1.29, 1.82) is 0 Å². The van der Waals surface area contributed by atoms with E-state index in [1.165, 1.54) is 21.5 Å². The molecule has 9 aromatic rings. The molecule has 9 rings (SSSR count). The summed E-state index contributed by atoms with van der Waals surface area (Å²) >= 11 is 0. The van der Waals surface area contributed by atoms with Crippen LogP contribution in [0.15, 0.2) is 178 Å². The molecule has 0 aliphatic heterocycles. The van der Waals surface area contributed by atoms with Crippen LogP contribution in [0.1, 0.15) is 27.9 Å². The van der Waals surface area contributed by atoms with Gasteiger partial charge in [0.05, 0.1) is 17.8 Å². The molecule has 0 bridgehead atoms. The molecule has 0 fully saturated rings. The molecule has 0 aliphatic carbocycles. The van der Waals surface area contributed by atoms with Gasteiger partial charge in [-0.1, -0.05) is 116 Å². The summed E-state index contributed by atoms with van der Waals surface area (Å²) in [5.74, 6) is 1.05. The molecular weight excluding hydrogens is 649 g/mol. The van der Waals surface area contributed by atoms with Crippen LogP contribution in [0.25, 0.3) is 72.2 Å². The highest BCUT2D eigenvalue weighted by Crippen LogP contribution is 2.37. The zero-order chi connectivity index (χ0) is 35.9. The summed E-state index contributed by atoms with van der Waals surface area (Å²) < 4.78 is 8.86. The van der Waals surface area contributed by atoms with Crippen LogP contribution in [-0.4, -0.2) is 23.0 Å². The molecular formula is C48H34N4O. The van der Waals surface area contributed by atoms with Gasteiger partial charge in [-0.2, -0.15) is 0 Å². The lowest BCUT2D eigenvalue weighted by Gasteiger charge is -2.09. The van der Waals surface area contributed by atoms with Crippen molar-refractivity contribution in [2.75, 3.05) is 0 Å². The summed E-state index contributed by atoms with van der Waals surface area (Å²) in [6.07, 6.45) is 3.82. The van der Waals surface area contributed by atoms with Gasteiger partial charge < -0.3 is 8.98 Å². The van der Waals surface area contributed by atoms with E-state index in [2.05, 4.69) is 139 Å². The monoisotopic (exact) mass is 682 g/mol. The molecule has 0 saturated heterocycles. The third-order valence-electron chi connectivity index (χ3n) is 9.90. The Kier molecular flexibility index (Phi) is 7.94. The van der Waals surface area contributed by atoms with Crippen LogP contribution >= 0.6 is 0 Å². The SMILES string of the molecule is C=Cc1c(C=C)n(-c2ccc3c(c2)oc2cc(C(/N=C(\N=C)c4ccccc4)=N/Cc4ccc5ccccc5c4)ccc23)c2cc3ccccc3cc12. The lowest BCUT2D eigenvalue weighted by molar-refractivity contribution is 0.668. The first kappa shape index (κ1) is 31.8. The average Bonchev–Trinajstić information content (AvgIpc) is 3.73. The zero-order valence-electron chi connectivity index (χ0n) is 29.0. The van der Waals surface area contributed by atoms with E-state index in [1.54, 1.807) is 0 Å². The number of aromatic nitrogens is 1. The number of rotatable bonds is 7. The molecule has 5 heteroatoms.